The molecule has 0 aliphatic carbocycles. The van der Waals surface area contributed by atoms with E-state index >= 15 is 0 Å². The van der Waals surface area contributed by atoms with E-state index in [1.807, 2.05) is 24.4 Å². The van der Waals surface area contributed by atoms with Crippen molar-refractivity contribution in [1.82, 2.24) is 14.6 Å². The summed E-state index contributed by atoms with van der Waals surface area (Å²) < 4.78 is 1.63. The molecule has 2 heterocycles. The molecule has 0 spiro atoms. The quantitative estimate of drug-likeness (QED) is 0.503. The Bertz CT molecular complexity index is 932. The number of aliphatic imine (C=N–C) groups is 1. The van der Waals surface area contributed by atoms with Crippen LogP contribution >= 0.6 is 0 Å². The van der Waals surface area contributed by atoms with Gasteiger partial charge in [-0.3, -0.25) is 4.99 Å². The lowest BCUT2D eigenvalue weighted by molar-refractivity contribution is 0.649. The monoisotopic (exact) mass is 380 g/mol. The summed E-state index contributed by atoms with van der Waals surface area (Å²) in [5, 5.41) is 4.16. The van der Waals surface area contributed by atoms with E-state index < -0.39 is 0 Å². The van der Waals surface area contributed by atoms with Crippen LogP contribution < -0.4 is 11.5 Å². The molecule has 2 unspecified atom stereocenters. The Hall–Kier alpha value is -2.89. The van der Waals surface area contributed by atoms with Crippen LogP contribution in [-0.4, -0.2) is 20.8 Å². The van der Waals surface area contributed by atoms with Gasteiger partial charge in [0.15, 0.2) is 5.82 Å². The number of allylic oxidation sites excluding steroid dienone is 4. The summed E-state index contributed by atoms with van der Waals surface area (Å²) in [5.41, 5.74) is 16.4. The number of anilines is 2. The summed E-state index contributed by atoms with van der Waals surface area (Å²) >= 11 is 0. The summed E-state index contributed by atoms with van der Waals surface area (Å²) in [5.74, 6) is 1.38. The lowest BCUT2D eigenvalue weighted by Crippen LogP contribution is -2.05. The first-order valence-corrected chi connectivity index (χ1v) is 9.81. The second kappa shape index (κ2) is 9.35. The van der Waals surface area contributed by atoms with E-state index in [0.29, 0.717) is 23.2 Å². The van der Waals surface area contributed by atoms with Crippen molar-refractivity contribution in [3.63, 3.8) is 0 Å². The standard InChI is InChI=1S/C22H32N6/c1-7-14(3)13-25-19(17(6)15(4)8-2)10-9-16(5)18-11-12-28-20(18)21(23)26-22(24)27-28/h9-15H,5,7-8H2,1-4,6H3,(H4,23,24,26,27)/b10-9-,19-17+,25-13?. The van der Waals surface area contributed by atoms with Crippen LogP contribution in [0.4, 0.5) is 11.8 Å². The Morgan fingerprint density at radius 1 is 1.25 bits per heavy atom. The molecule has 0 fully saturated rings. The van der Waals surface area contributed by atoms with Gasteiger partial charge in [0.25, 0.3) is 0 Å². The number of aromatic nitrogens is 3. The van der Waals surface area contributed by atoms with Gasteiger partial charge >= 0.3 is 0 Å². The third-order valence-electron chi connectivity index (χ3n) is 5.21. The zero-order valence-electron chi connectivity index (χ0n) is 17.6. The van der Waals surface area contributed by atoms with Crippen molar-refractivity contribution in [1.29, 1.82) is 0 Å². The molecule has 6 nitrogen and oxygen atoms in total. The molecule has 4 N–H and O–H groups in total. The van der Waals surface area contributed by atoms with Gasteiger partial charge < -0.3 is 11.5 Å². The molecule has 150 valence electrons. The molecule has 0 saturated carbocycles. The molecular weight excluding hydrogens is 348 g/mol. The first-order chi connectivity index (χ1) is 13.3. The molecular formula is C22H32N6. The van der Waals surface area contributed by atoms with Crippen molar-refractivity contribution in [2.24, 2.45) is 16.8 Å². The summed E-state index contributed by atoms with van der Waals surface area (Å²) in [7, 11) is 0. The molecule has 2 aromatic heterocycles. The summed E-state index contributed by atoms with van der Waals surface area (Å²) in [6, 6.07) is 1.92. The molecule has 0 aliphatic rings. The highest BCUT2D eigenvalue weighted by Crippen LogP contribution is 2.26. The van der Waals surface area contributed by atoms with Crippen LogP contribution in [0, 0.1) is 11.8 Å². The minimum Gasteiger partial charge on any atom is -0.382 e. The van der Waals surface area contributed by atoms with Crippen LogP contribution in [0.15, 0.2) is 47.3 Å². The van der Waals surface area contributed by atoms with Crippen LogP contribution in [0.2, 0.25) is 0 Å². The van der Waals surface area contributed by atoms with Crippen LogP contribution in [0.5, 0.6) is 0 Å². The van der Waals surface area contributed by atoms with Gasteiger partial charge in [0.1, 0.15) is 5.52 Å². The van der Waals surface area contributed by atoms with Gasteiger partial charge in [-0.15, -0.1) is 5.10 Å². The van der Waals surface area contributed by atoms with Crippen molar-refractivity contribution in [3.05, 3.63) is 47.8 Å². The molecule has 2 rings (SSSR count). The number of hydrogen-bond acceptors (Lipinski definition) is 5. The highest BCUT2D eigenvalue weighted by Gasteiger charge is 2.11. The van der Waals surface area contributed by atoms with Crippen molar-refractivity contribution < 1.29 is 0 Å². The minimum atomic E-state index is 0.141. The number of nitrogens with two attached hydrogens (primary N) is 2. The van der Waals surface area contributed by atoms with Crippen molar-refractivity contribution in [2.45, 2.75) is 47.5 Å². The molecule has 0 amide bonds. The lowest BCUT2D eigenvalue weighted by atomic mass is 9.97. The molecule has 0 radical (unpaired) electrons. The Labute approximate surface area is 167 Å². The van der Waals surface area contributed by atoms with Crippen molar-refractivity contribution in [3.8, 4) is 0 Å². The van der Waals surface area contributed by atoms with Gasteiger partial charge in [-0.05, 0) is 54.9 Å². The Morgan fingerprint density at radius 3 is 2.61 bits per heavy atom. The maximum atomic E-state index is 6.05. The van der Waals surface area contributed by atoms with E-state index in [0.717, 1.165) is 29.7 Å². The van der Waals surface area contributed by atoms with Gasteiger partial charge in [0.2, 0.25) is 5.95 Å². The number of nitrogens with zero attached hydrogens (tertiary/aromatic N) is 4. The minimum absolute atomic E-state index is 0.141. The Balaban J connectivity index is 2.39. The zero-order valence-corrected chi connectivity index (χ0v) is 17.6. The Kier molecular flexibility index (Phi) is 7.15. The average Bonchev–Trinajstić information content (AvgIpc) is 3.10. The van der Waals surface area contributed by atoms with Crippen molar-refractivity contribution in [2.75, 3.05) is 11.5 Å². The van der Waals surface area contributed by atoms with E-state index in [-0.39, 0.29) is 5.95 Å². The van der Waals surface area contributed by atoms with Crippen LogP contribution in [0.1, 0.15) is 53.0 Å². The largest absolute Gasteiger partial charge is 0.382 e. The predicted octanol–water partition coefficient (Wildman–Crippen LogP) is 4.90. The van der Waals surface area contributed by atoms with Crippen molar-refractivity contribution >= 4 is 29.1 Å². The molecule has 2 aromatic rings. The topological polar surface area (TPSA) is 94.6 Å². The second-order valence-electron chi connectivity index (χ2n) is 7.28. The maximum Gasteiger partial charge on any atom is 0.240 e. The highest BCUT2D eigenvalue weighted by atomic mass is 15.3. The van der Waals surface area contributed by atoms with Gasteiger partial charge in [0.05, 0.1) is 5.70 Å². The molecule has 28 heavy (non-hydrogen) atoms. The number of fused-ring (bicyclic) bond motifs is 1. The molecule has 0 bridgehead atoms. The average molecular weight is 381 g/mol. The fraction of sp³-hybridized carbons (Fsp3) is 0.409. The zero-order chi connectivity index (χ0) is 20.8. The molecule has 2 atom stereocenters. The summed E-state index contributed by atoms with van der Waals surface area (Å²) in [6.45, 7) is 15.1. The fourth-order valence-corrected chi connectivity index (χ4v) is 2.75. The first kappa shape index (κ1) is 21.4. The summed E-state index contributed by atoms with van der Waals surface area (Å²) in [6.07, 6.45) is 9.97. The van der Waals surface area contributed by atoms with Gasteiger partial charge in [-0.25, -0.2) is 4.52 Å². The van der Waals surface area contributed by atoms with E-state index in [2.05, 4.69) is 51.3 Å². The van der Waals surface area contributed by atoms with E-state index in [9.17, 15) is 0 Å². The van der Waals surface area contributed by atoms with Crippen LogP contribution in [-0.2, 0) is 0 Å². The molecule has 0 aromatic carbocycles. The number of hydrogen-bond donors (Lipinski definition) is 2. The number of rotatable bonds is 8. The molecule has 0 saturated heterocycles. The van der Waals surface area contributed by atoms with E-state index in [1.54, 1.807) is 10.7 Å². The van der Waals surface area contributed by atoms with Gasteiger partial charge in [-0.2, -0.15) is 4.98 Å². The summed E-state index contributed by atoms with van der Waals surface area (Å²) in [4.78, 5) is 8.82. The third kappa shape index (κ3) is 4.88. The van der Waals surface area contributed by atoms with Crippen LogP contribution in [0.25, 0.3) is 11.1 Å². The SMILES string of the molecule is C=C(/C=C\C(N=CC(C)CC)=C(\C)C(C)CC)c1ccn2nc(N)nc(N)c12. The maximum absolute atomic E-state index is 6.05. The third-order valence-corrected chi connectivity index (χ3v) is 5.21. The van der Waals surface area contributed by atoms with E-state index in [1.165, 1.54) is 5.57 Å². The number of nitrogen functional groups attached to an aromatic ring is 2. The van der Waals surface area contributed by atoms with Gasteiger partial charge in [0, 0.05) is 18.0 Å². The molecule has 0 aliphatic heterocycles. The van der Waals surface area contributed by atoms with Crippen LogP contribution in [0.3, 0.4) is 0 Å². The first-order valence-electron chi connectivity index (χ1n) is 9.81. The second-order valence-corrected chi connectivity index (χ2v) is 7.28. The lowest BCUT2D eigenvalue weighted by Gasteiger charge is -2.12. The van der Waals surface area contributed by atoms with Gasteiger partial charge in [-0.1, -0.05) is 40.3 Å². The highest BCUT2D eigenvalue weighted by molar-refractivity contribution is 5.88. The predicted molar refractivity (Wildman–Crippen MR) is 120 cm³/mol. The van der Waals surface area contributed by atoms with E-state index in [4.69, 9.17) is 16.5 Å². The molecule has 6 heteroatoms. The smallest absolute Gasteiger partial charge is 0.240 e. The fourth-order valence-electron chi connectivity index (χ4n) is 2.75. The normalized spacial score (nSPS) is 15.3. The Morgan fingerprint density at radius 2 is 1.96 bits per heavy atom.